The van der Waals surface area contributed by atoms with E-state index in [0.29, 0.717) is 5.39 Å². The summed E-state index contributed by atoms with van der Waals surface area (Å²) in [7, 11) is 0. The van der Waals surface area contributed by atoms with E-state index in [9.17, 15) is 22.8 Å². The summed E-state index contributed by atoms with van der Waals surface area (Å²) in [5, 5.41) is 8.26. The Morgan fingerprint density at radius 3 is 2.72 bits per heavy atom. The molecule has 4 aromatic rings. The van der Waals surface area contributed by atoms with E-state index < -0.39 is 17.6 Å². The lowest BCUT2D eigenvalue weighted by molar-refractivity contribution is -0.137. The van der Waals surface area contributed by atoms with Crippen molar-refractivity contribution in [3.63, 3.8) is 0 Å². The molecule has 0 bridgehead atoms. The van der Waals surface area contributed by atoms with Gasteiger partial charge in [-0.25, -0.2) is 4.68 Å². The third-order valence-corrected chi connectivity index (χ3v) is 6.59. The summed E-state index contributed by atoms with van der Waals surface area (Å²) < 4.78 is 41.8. The number of nitrogens with one attached hydrogen (secondary N) is 1. The average molecular weight is 480 g/mol. The zero-order valence-electron chi connectivity index (χ0n) is 16.8. The third-order valence-electron chi connectivity index (χ3n) is 4.98. The van der Waals surface area contributed by atoms with Crippen molar-refractivity contribution >= 4 is 54.7 Å². The quantitative estimate of drug-likeness (QED) is 0.381. The van der Waals surface area contributed by atoms with Gasteiger partial charge < -0.3 is 5.32 Å². The number of nitrogens with zero attached hydrogens (tertiary/aromatic N) is 2. The molecule has 1 N–H and O–H groups in total. The van der Waals surface area contributed by atoms with E-state index in [4.69, 9.17) is 11.6 Å². The van der Waals surface area contributed by atoms with Gasteiger partial charge in [-0.05, 0) is 37.6 Å². The first-order valence-corrected chi connectivity index (χ1v) is 10.9. The van der Waals surface area contributed by atoms with Crippen molar-refractivity contribution < 1.29 is 18.0 Å². The molecule has 32 heavy (non-hydrogen) atoms. The van der Waals surface area contributed by atoms with Crippen LogP contribution in [0.3, 0.4) is 0 Å². The van der Waals surface area contributed by atoms with E-state index in [0.717, 1.165) is 38.7 Å². The number of hydrogen-bond acceptors (Lipinski definition) is 4. The van der Waals surface area contributed by atoms with Crippen LogP contribution in [0.15, 0.2) is 47.3 Å². The van der Waals surface area contributed by atoms with Gasteiger partial charge in [-0.3, -0.25) is 9.59 Å². The molecular weight excluding hydrogens is 463 g/mol. The van der Waals surface area contributed by atoms with Crippen LogP contribution in [0, 0.1) is 6.92 Å². The van der Waals surface area contributed by atoms with Crippen LogP contribution in [0.25, 0.3) is 20.2 Å². The van der Waals surface area contributed by atoms with Gasteiger partial charge in [0.25, 0.3) is 5.56 Å². The van der Waals surface area contributed by atoms with Gasteiger partial charge in [0, 0.05) is 23.1 Å². The second-order valence-electron chi connectivity index (χ2n) is 7.26. The molecule has 0 radical (unpaired) electrons. The maximum Gasteiger partial charge on any atom is 0.416 e. The molecule has 2 aromatic carbocycles. The van der Waals surface area contributed by atoms with Crippen molar-refractivity contribution in [2.45, 2.75) is 32.5 Å². The van der Waals surface area contributed by atoms with E-state index in [-0.39, 0.29) is 35.7 Å². The van der Waals surface area contributed by atoms with Gasteiger partial charge in [0.2, 0.25) is 5.91 Å². The summed E-state index contributed by atoms with van der Waals surface area (Å²) in [6.45, 7) is 2.03. The average Bonchev–Trinajstić information content (AvgIpc) is 3.13. The zero-order chi connectivity index (χ0) is 23.0. The number of rotatable bonds is 5. The topological polar surface area (TPSA) is 64.0 Å². The van der Waals surface area contributed by atoms with Crippen LogP contribution in [-0.2, 0) is 17.5 Å². The summed E-state index contributed by atoms with van der Waals surface area (Å²) in [6, 6.07) is 10.4. The number of aromatic nitrogens is 2. The first-order chi connectivity index (χ1) is 15.1. The molecule has 0 saturated heterocycles. The highest BCUT2D eigenvalue weighted by Crippen LogP contribution is 2.34. The van der Waals surface area contributed by atoms with E-state index in [1.54, 1.807) is 0 Å². The summed E-state index contributed by atoms with van der Waals surface area (Å²) >= 11 is 7.43. The summed E-state index contributed by atoms with van der Waals surface area (Å²) in [5.74, 6) is -0.502. The van der Waals surface area contributed by atoms with Crippen LogP contribution in [0.2, 0.25) is 5.02 Å². The first kappa shape index (κ1) is 22.3. The lowest BCUT2D eigenvalue weighted by atomic mass is 10.2. The number of carbonyl (C=O) groups is 1. The minimum absolute atomic E-state index is 0.00893. The molecule has 4 rings (SSSR count). The molecule has 2 aromatic heterocycles. The molecule has 0 unspecified atom stereocenters. The van der Waals surface area contributed by atoms with Crippen LogP contribution >= 0.6 is 22.9 Å². The second-order valence-corrected chi connectivity index (χ2v) is 8.72. The van der Waals surface area contributed by atoms with E-state index >= 15 is 0 Å². The van der Waals surface area contributed by atoms with Gasteiger partial charge in [0.15, 0.2) is 0 Å². The molecule has 0 spiro atoms. The van der Waals surface area contributed by atoms with Crippen LogP contribution in [0.5, 0.6) is 0 Å². The van der Waals surface area contributed by atoms with Gasteiger partial charge in [-0.1, -0.05) is 29.8 Å². The Bertz CT molecular complexity index is 1400. The number of alkyl halides is 3. The van der Waals surface area contributed by atoms with Crippen molar-refractivity contribution in [2.24, 2.45) is 0 Å². The highest BCUT2D eigenvalue weighted by molar-refractivity contribution is 7.26. The van der Waals surface area contributed by atoms with Crippen LogP contribution in [-0.4, -0.2) is 15.7 Å². The first-order valence-electron chi connectivity index (χ1n) is 9.70. The predicted octanol–water partition coefficient (Wildman–Crippen LogP) is 6.01. The Hall–Kier alpha value is -2.91. The summed E-state index contributed by atoms with van der Waals surface area (Å²) in [6.07, 6.45) is -4.27. The fourth-order valence-electron chi connectivity index (χ4n) is 3.46. The minimum atomic E-state index is -4.54. The van der Waals surface area contributed by atoms with Gasteiger partial charge in [-0.15, -0.1) is 11.3 Å². The van der Waals surface area contributed by atoms with Crippen LogP contribution < -0.4 is 10.9 Å². The number of benzene rings is 2. The van der Waals surface area contributed by atoms with Crippen molar-refractivity contribution in [3.8, 4) is 0 Å². The molecule has 10 heteroatoms. The largest absolute Gasteiger partial charge is 0.416 e. The molecule has 1 amide bonds. The molecule has 2 heterocycles. The van der Waals surface area contributed by atoms with Crippen LogP contribution in [0.4, 0.5) is 18.9 Å². The number of carbonyl (C=O) groups excluding carboxylic acids is 1. The van der Waals surface area contributed by atoms with Crippen LogP contribution in [0.1, 0.15) is 24.1 Å². The monoisotopic (exact) mass is 479 g/mol. The number of fused-ring (bicyclic) bond motifs is 3. The standard InChI is InChI=1S/C22H17ClF3N3O2S/c1-12-20-19(14-5-2-3-6-17(14)32-20)21(31)29(28-12)10-4-7-18(30)27-16-11-13(22(24,25)26)8-9-15(16)23/h2-3,5-6,8-9,11H,4,7,10H2,1H3,(H,27,30). The zero-order valence-corrected chi connectivity index (χ0v) is 18.4. The Kier molecular flexibility index (Phi) is 5.96. The Balaban J connectivity index is 1.48. The maximum absolute atomic E-state index is 13.0. The molecule has 0 saturated carbocycles. The number of amides is 1. The molecule has 5 nitrogen and oxygen atoms in total. The molecule has 0 aliphatic heterocycles. The molecule has 166 valence electrons. The highest BCUT2D eigenvalue weighted by Gasteiger charge is 2.31. The van der Waals surface area contributed by atoms with Gasteiger partial charge in [0.05, 0.1) is 32.1 Å². The fraction of sp³-hybridized carbons (Fsp3) is 0.227. The minimum Gasteiger partial charge on any atom is -0.325 e. The van der Waals surface area contributed by atoms with Crippen molar-refractivity contribution in [3.05, 3.63) is 69.1 Å². The fourth-order valence-corrected chi connectivity index (χ4v) is 4.76. The van der Waals surface area contributed by atoms with Crippen molar-refractivity contribution in [1.29, 1.82) is 0 Å². The number of hydrogen-bond donors (Lipinski definition) is 1. The molecule has 0 aliphatic rings. The van der Waals surface area contributed by atoms with Gasteiger partial charge >= 0.3 is 6.18 Å². The number of anilines is 1. The number of aryl methyl sites for hydroxylation is 2. The van der Waals surface area contributed by atoms with Crippen molar-refractivity contribution in [2.75, 3.05) is 5.32 Å². The van der Waals surface area contributed by atoms with Crippen molar-refractivity contribution in [1.82, 2.24) is 9.78 Å². The second kappa shape index (κ2) is 8.55. The van der Waals surface area contributed by atoms with E-state index in [1.807, 2.05) is 31.2 Å². The third kappa shape index (κ3) is 4.35. The lowest BCUT2D eigenvalue weighted by Crippen LogP contribution is -2.24. The van der Waals surface area contributed by atoms with E-state index in [2.05, 4.69) is 10.4 Å². The molecule has 0 atom stereocenters. The SMILES string of the molecule is Cc1nn(CCCC(=O)Nc2cc(C(F)(F)F)ccc2Cl)c(=O)c2c1sc1ccccc12. The lowest BCUT2D eigenvalue weighted by Gasteiger charge is -2.12. The summed E-state index contributed by atoms with van der Waals surface area (Å²) in [4.78, 5) is 25.2. The summed E-state index contributed by atoms with van der Waals surface area (Å²) in [5.41, 5.74) is -0.520. The predicted molar refractivity (Wildman–Crippen MR) is 120 cm³/mol. The normalized spacial score (nSPS) is 11.9. The molecule has 0 fully saturated rings. The van der Waals surface area contributed by atoms with E-state index in [1.165, 1.54) is 16.0 Å². The number of halogens is 4. The highest BCUT2D eigenvalue weighted by atomic mass is 35.5. The smallest absolute Gasteiger partial charge is 0.325 e. The molecule has 0 aliphatic carbocycles. The van der Waals surface area contributed by atoms with Gasteiger partial charge in [0.1, 0.15) is 0 Å². The van der Waals surface area contributed by atoms with Gasteiger partial charge in [-0.2, -0.15) is 18.3 Å². The number of thiophene rings is 1. The Labute approximate surface area is 189 Å². The maximum atomic E-state index is 13.0. The Morgan fingerprint density at radius 2 is 1.97 bits per heavy atom. The molecular formula is C22H17ClF3N3O2S. The Morgan fingerprint density at radius 1 is 1.22 bits per heavy atom.